The molecule has 1 aliphatic rings. The first-order chi connectivity index (χ1) is 15.1. The molecule has 1 unspecified atom stereocenters. The number of nitrogens with two attached hydrogens (primary N) is 1. The second kappa shape index (κ2) is 8.23. The van der Waals surface area contributed by atoms with E-state index in [1.807, 2.05) is 16.1 Å². The third kappa shape index (κ3) is 3.61. The molecule has 0 fully saturated rings. The largest absolute Gasteiger partial charge is 0.382 e. The molecule has 4 aromatic heterocycles. The molecule has 0 aromatic carbocycles. The van der Waals surface area contributed by atoms with Gasteiger partial charge in [-0.1, -0.05) is 18.7 Å². The zero-order chi connectivity index (χ0) is 21.5. The third-order valence-electron chi connectivity index (χ3n) is 5.90. The fourth-order valence-electron chi connectivity index (χ4n) is 4.25. The summed E-state index contributed by atoms with van der Waals surface area (Å²) >= 11 is 3.36. The highest BCUT2D eigenvalue weighted by atomic mass is 32.2. The van der Waals surface area contributed by atoms with E-state index in [2.05, 4.69) is 21.9 Å². The van der Waals surface area contributed by atoms with Crippen molar-refractivity contribution < 1.29 is 0 Å². The molecule has 0 amide bonds. The fraction of sp³-hybridized carbons (Fsp3) is 0.476. The van der Waals surface area contributed by atoms with Crippen molar-refractivity contribution >= 4 is 50.3 Å². The van der Waals surface area contributed by atoms with E-state index in [4.69, 9.17) is 10.7 Å². The van der Waals surface area contributed by atoms with E-state index in [0.29, 0.717) is 23.8 Å². The molecule has 31 heavy (non-hydrogen) atoms. The maximum absolute atomic E-state index is 13.3. The van der Waals surface area contributed by atoms with Crippen LogP contribution in [-0.2, 0) is 25.9 Å². The average molecular weight is 456 g/mol. The summed E-state index contributed by atoms with van der Waals surface area (Å²) in [4.78, 5) is 33.1. The molecule has 4 heterocycles. The van der Waals surface area contributed by atoms with Crippen LogP contribution in [0.3, 0.4) is 0 Å². The molecule has 8 nitrogen and oxygen atoms in total. The van der Waals surface area contributed by atoms with E-state index in [9.17, 15) is 4.79 Å². The molecule has 0 saturated carbocycles. The normalized spacial score (nSPS) is 16.3. The zero-order valence-corrected chi connectivity index (χ0v) is 19.3. The molecule has 162 valence electrons. The van der Waals surface area contributed by atoms with Gasteiger partial charge in [-0.05, 0) is 44.1 Å². The summed E-state index contributed by atoms with van der Waals surface area (Å²) in [5, 5.41) is 1.67. The van der Waals surface area contributed by atoms with Gasteiger partial charge in [0.2, 0.25) is 0 Å². The third-order valence-corrected chi connectivity index (χ3v) is 8.11. The predicted molar refractivity (Wildman–Crippen MR) is 126 cm³/mol. The van der Waals surface area contributed by atoms with Crippen LogP contribution in [0.15, 0.2) is 22.6 Å². The Kier molecular flexibility index (Phi) is 5.43. The van der Waals surface area contributed by atoms with Crippen LogP contribution < -0.4 is 11.3 Å². The lowest BCUT2D eigenvalue weighted by Crippen LogP contribution is -2.23. The van der Waals surface area contributed by atoms with Crippen LogP contribution in [0, 0.1) is 5.92 Å². The Balaban J connectivity index is 1.35. The van der Waals surface area contributed by atoms with Gasteiger partial charge in [0, 0.05) is 23.7 Å². The summed E-state index contributed by atoms with van der Waals surface area (Å²) in [6.45, 7) is 5.70. The maximum atomic E-state index is 13.3. The number of aryl methyl sites for hydroxylation is 2. The standard InChI is InChI=1S/C21H25N7OS2/c1-3-28-20(29)15-13-6-5-12(2)9-14(13)31-19(15)26-21(28)30-8-4-7-27-11-25-16-17(22)23-10-24-18(16)27/h10-12H,3-9H2,1-2H3,(H2,22,23,24). The number of hydrogen-bond acceptors (Lipinski definition) is 8. The van der Waals surface area contributed by atoms with Crippen LogP contribution >= 0.6 is 23.1 Å². The van der Waals surface area contributed by atoms with E-state index < -0.39 is 0 Å². The number of imidazole rings is 1. The molecule has 4 aromatic rings. The minimum absolute atomic E-state index is 0.120. The summed E-state index contributed by atoms with van der Waals surface area (Å²) in [6.07, 6.45) is 7.33. The summed E-state index contributed by atoms with van der Waals surface area (Å²) in [6, 6.07) is 0. The first kappa shape index (κ1) is 20.4. The van der Waals surface area contributed by atoms with Crippen LogP contribution in [0.2, 0.25) is 0 Å². The Morgan fingerprint density at radius 2 is 2.19 bits per heavy atom. The molecular formula is C21H25N7OS2. The number of nitrogens with zero attached hydrogens (tertiary/aromatic N) is 6. The number of rotatable bonds is 6. The number of aromatic nitrogens is 6. The van der Waals surface area contributed by atoms with Gasteiger partial charge in [0.15, 0.2) is 16.6 Å². The van der Waals surface area contributed by atoms with Crippen molar-refractivity contribution in [2.45, 2.75) is 57.8 Å². The smallest absolute Gasteiger partial charge is 0.263 e. The van der Waals surface area contributed by atoms with Crippen LogP contribution in [-0.4, -0.2) is 34.8 Å². The minimum atomic E-state index is 0.120. The maximum Gasteiger partial charge on any atom is 0.263 e. The summed E-state index contributed by atoms with van der Waals surface area (Å²) in [7, 11) is 0. The van der Waals surface area contributed by atoms with E-state index >= 15 is 0 Å². The molecule has 1 atom stereocenters. The highest BCUT2D eigenvalue weighted by Crippen LogP contribution is 2.36. The molecule has 0 aliphatic heterocycles. The lowest BCUT2D eigenvalue weighted by Gasteiger charge is -2.17. The molecule has 0 saturated heterocycles. The van der Waals surface area contributed by atoms with Crippen LogP contribution in [0.25, 0.3) is 21.4 Å². The first-order valence-electron chi connectivity index (χ1n) is 10.7. The number of hydrogen-bond donors (Lipinski definition) is 1. The molecule has 1 aliphatic carbocycles. The monoisotopic (exact) mass is 455 g/mol. The van der Waals surface area contributed by atoms with Crippen molar-refractivity contribution in [1.29, 1.82) is 0 Å². The number of fused-ring (bicyclic) bond motifs is 4. The van der Waals surface area contributed by atoms with Gasteiger partial charge in [-0.15, -0.1) is 11.3 Å². The predicted octanol–water partition coefficient (Wildman–Crippen LogP) is 3.51. The molecule has 10 heteroatoms. The highest BCUT2D eigenvalue weighted by molar-refractivity contribution is 7.99. The Labute approximate surface area is 187 Å². The molecule has 0 spiro atoms. The lowest BCUT2D eigenvalue weighted by atomic mass is 9.89. The van der Waals surface area contributed by atoms with Gasteiger partial charge in [0.05, 0.1) is 11.7 Å². The zero-order valence-electron chi connectivity index (χ0n) is 17.7. The van der Waals surface area contributed by atoms with Crippen LogP contribution in [0.4, 0.5) is 5.82 Å². The fourth-order valence-corrected chi connectivity index (χ4v) is 6.67. The Morgan fingerprint density at radius 1 is 1.32 bits per heavy atom. The summed E-state index contributed by atoms with van der Waals surface area (Å²) in [5.41, 5.74) is 8.63. The SMILES string of the molecule is CCn1c(SCCCn2cnc3c(N)ncnc32)nc2sc3c(c2c1=O)CCC(C)C3. The van der Waals surface area contributed by atoms with Crippen molar-refractivity contribution in [1.82, 2.24) is 29.1 Å². The molecule has 2 N–H and O–H groups in total. The number of nitrogen functional groups attached to an aromatic ring is 1. The van der Waals surface area contributed by atoms with Gasteiger partial charge < -0.3 is 10.3 Å². The van der Waals surface area contributed by atoms with Gasteiger partial charge >= 0.3 is 0 Å². The number of anilines is 1. The average Bonchev–Trinajstić information content (AvgIpc) is 3.33. The number of thioether (sulfide) groups is 1. The second-order valence-corrected chi connectivity index (χ2v) is 10.2. The van der Waals surface area contributed by atoms with Crippen LogP contribution in [0.1, 0.15) is 37.1 Å². The Bertz CT molecular complexity index is 1320. The second-order valence-electron chi connectivity index (χ2n) is 8.05. The minimum Gasteiger partial charge on any atom is -0.382 e. The van der Waals surface area contributed by atoms with Gasteiger partial charge in [-0.2, -0.15) is 0 Å². The topological polar surface area (TPSA) is 105 Å². The highest BCUT2D eigenvalue weighted by Gasteiger charge is 2.24. The summed E-state index contributed by atoms with van der Waals surface area (Å²) < 4.78 is 3.82. The first-order valence-corrected chi connectivity index (χ1v) is 12.5. The van der Waals surface area contributed by atoms with Crippen molar-refractivity contribution in [2.75, 3.05) is 11.5 Å². The van der Waals surface area contributed by atoms with Crippen molar-refractivity contribution in [3.8, 4) is 0 Å². The number of thiophene rings is 1. The molecule has 0 bridgehead atoms. The van der Waals surface area contributed by atoms with Gasteiger partial charge in [0.1, 0.15) is 16.7 Å². The van der Waals surface area contributed by atoms with E-state index in [-0.39, 0.29) is 5.56 Å². The van der Waals surface area contributed by atoms with Gasteiger partial charge in [-0.3, -0.25) is 9.36 Å². The molecular weight excluding hydrogens is 430 g/mol. The lowest BCUT2D eigenvalue weighted by molar-refractivity contribution is 0.509. The van der Waals surface area contributed by atoms with E-state index in [0.717, 1.165) is 59.0 Å². The molecule has 5 rings (SSSR count). The van der Waals surface area contributed by atoms with E-state index in [1.54, 1.807) is 29.4 Å². The molecule has 0 radical (unpaired) electrons. The Hall–Kier alpha value is -2.46. The van der Waals surface area contributed by atoms with Crippen LogP contribution in [0.5, 0.6) is 0 Å². The quantitative estimate of drug-likeness (QED) is 0.269. The van der Waals surface area contributed by atoms with Crippen molar-refractivity contribution in [3.63, 3.8) is 0 Å². The van der Waals surface area contributed by atoms with Gasteiger partial charge in [0.25, 0.3) is 5.56 Å². The Morgan fingerprint density at radius 3 is 3.03 bits per heavy atom. The van der Waals surface area contributed by atoms with Crippen molar-refractivity contribution in [3.05, 3.63) is 33.4 Å². The van der Waals surface area contributed by atoms with E-state index in [1.165, 1.54) is 16.8 Å². The van der Waals surface area contributed by atoms with Crippen molar-refractivity contribution in [2.24, 2.45) is 5.92 Å². The summed E-state index contributed by atoms with van der Waals surface area (Å²) in [5.74, 6) is 1.93. The van der Waals surface area contributed by atoms with Gasteiger partial charge in [-0.25, -0.2) is 19.9 Å².